The van der Waals surface area contributed by atoms with Gasteiger partial charge in [0, 0.05) is 16.5 Å². The normalized spacial score (nSPS) is 22.8. The van der Waals surface area contributed by atoms with Crippen molar-refractivity contribution in [3.8, 4) is 5.75 Å². The van der Waals surface area contributed by atoms with Crippen molar-refractivity contribution in [1.29, 1.82) is 0 Å². The van der Waals surface area contributed by atoms with E-state index in [1.54, 1.807) is 7.11 Å². The van der Waals surface area contributed by atoms with E-state index in [1.165, 1.54) is 11.8 Å². The van der Waals surface area contributed by atoms with Gasteiger partial charge in [-0.05, 0) is 30.0 Å². The van der Waals surface area contributed by atoms with Gasteiger partial charge in [-0.2, -0.15) is 4.99 Å². The number of methoxy groups -OCH3 is 1. The van der Waals surface area contributed by atoms with Crippen molar-refractivity contribution in [2.24, 2.45) is 4.99 Å². The molecule has 2 aromatic rings. The van der Waals surface area contributed by atoms with Crippen LogP contribution in [-0.2, 0) is 33.9 Å². The average molecular weight is 473 g/mol. The van der Waals surface area contributed by atoms with Gasteiger partial charge in [0.25, 0.3) is 5.91 Å². The minimum Gasteiger partial charge on any atom is -0.496 e. The van der Waals surface area contributed by atoms with Gasteiger partial charge in [0.2, 0.25) is 0 Å². The summed E-state index contributed by atoms with van der Waals surface area (Å²) in [6, 6.07) is 13.4. The first-order valence-corrected chi connectivity index (χ1v) is 13.6. The summed E-state index contributed by atoms with van der Waals surface area (Å²) in [6.07, 6.45) is 1.76. The van der Waals surface area contributed by atoms with Crippen LogP contribution in [0.5, 0.6) is 5.75 Å². The highest BCUT2D eigenvalue weighted by Crippen LogP contribution is 2.43. The van der Waals surface area contributed by atoms with E-state index < -0.39 is 9.84 Å². The first kappa shape index (κ1) is 22.9. The molecule has 0 N–H and O–H groups in total. The van der Waals surface area contributed by atoms with Gasteiger partial charge in [-0.1, -0.05) is 62.0 Å². The molecule has 2 aliphatic rings. The van der Waals surface area contributed by atoms with Gasteiger partial charge in [0.1, 0.15) is 5.75 Å². The third kappa shape index (κ3) is 4.43. The molecule has 0 spiro atoms. The number of benzene rings is 2. The second-order valence-electron chi connectivity index (χ2n) is 8.08. The molecule has 2 heterocycles. The van der Waals surface area contributed by atoms with Crippen molar-refractivity contribution in [1.82, 2.24) is 0 Å². The van der Waals surface area contributed by atoms with Crippen LogP contribution in [0.2, 0.25) is 0 Å². The van der Waals surface area contributed by atoms with Crippen LogP contribution in [0.4, 0.5) is 5.69 Å². The summed E-state index contributed by atoms with van der Waals surface area (Å²) in [5.74, 6) is 0.598. The predicted octanol–water partition coefficient (Wildman–Crippen LogP) is 3.66. The fourth-order valence-corrected chi connectivity index (χ4v) is 8.43. The first-order valence-electron chi connectivity index (χ1n) is 10.9. The Hall–Kier alpha value is -2.32. The molecule has 6 nitrogen and oxygen atoms in total. The van der Waals surface area contributed by atoms with Gasteiger partial charge in [0.15, 0.2) is 15.0 Å². The topological polar surface area (TPSA) is 76.0 Å². The second kappa shape index (κ2) is 9.27. The summed E-state index contributed by atoms with van der Waals surface area (Å²) in [5.41, 5.74) is 4.07. The maximum Gasteiger partial charge on any atom is 0.252 e. The Bertz CT molecular complexity index is 1140. The maximum atomic E-state index is 13.0. The van der Waals surface area contributed by atoms with Crippen LogP contribution in [-0.4, -0.2) is 49.4 Å². The van der Waals surface area contributed by atoms with E-state index in [9.17, 15) is 13.2 Å². The summed E-state index contributed by atoms with van der Waals surface area (Å²) in [4.78, 5) is 19.5. The van der Waals surface area contributed by atoms with Gasteiger partial charge in [0.05, 0.1) is 31.1 Å². The lowest BCUT2D eigenvalue weighted by molar-refractivity contribution is -0.117. The Morgan fingerprint density at radius 3 is 2.38 bits per heavy atom. The van der Waals surface area contributed by atoms with E-state index in [0.29, 0.717) is 10.9 Å². The van der Waals surface area contributed by atoms with Crippen LogP contribution in [0.25, 0.3) is 0 Å². The number of amidine groups is 1. The van der Waals surface area contributed by atoms with Crippen molar-refractivity contribution < 1.29 is 17.9 Å². The highest BCUT2D eigenvalue weighted by Gasteiger charge is 2.50. The molecule has 32 heavy (non-hydrogen) atoms. The van der Waals surface area contributed by atoms with Gasteiger partial charge < -0.3 is 9.64 Å². The number of ether oxygens (including phenoxy) is 1. The Balaban J connectivity index is 1.74. The summed E-state index contributed by atoms with van der Waals surface area (Å²) >= 11 is 1.42. The highest BCUT2D eigenvalue weighted by atomic mass is 32.2. The second-order valence-corrected chi connectivity index (χ2v) is 11.4. The molecule has 0 radical (unpaired) electrons. The molecule has 0 aliphatic carbocycles. The number of aryl methyl sites for hydroxylation is 2. The fraction of sp³-hybridized carbons (Fsp3) is 0.417. The van der Waals surface area contributed by atoms with E-state index >= 15 is 0 Å². The SMILES string of the molecule is CCc1cccc(CC)c1N1C(=NC(=O)Cc2ccccc2OC)S[C@@H]2CS(=O)(=O)C[C@@H]21. The number of fused-ring (bicyclic) bond motifs is 1. The van der Waals surface area contributed by atoms with E-state index in [-0.39, 0.29) is 35.1 Å². The summed E-state index contributed by atoms with van der Waals surface area (Å²) in [5, 5.41) is 0.484. The van der Waals surface area contributed by atoms with Crippen LogP contribution in [0.15, 0.2) is 47.5 Å². The molecular formula is C24H28N2O4S2. The first-order chi connectivity index (χ1) is 15.4. The summed E-state index contributed by atoms with van der Waals surface area (Å²) in [6.45, 7) is 4.18. The van der Waals surface area contributed by atoms with Crippen molar-refractivity contribution in [3.63, 3.8) is 0 Å². The van der Waals surface area contributed by atoms with Gasteiger partial charge in [-0.15, -0.1) is 0 Å². The molecule has 4 rings (SSSR count). The Morgan fingerprint density at radius 2 is 1.72 bits per heavy atom. The largest absolute Gasteiger partial charge is 0.496 e. The van der Waals surface area contributed by atoms with Crippen molar-refractivity contribution in [3.05, 3.63) is 59.2 Å². The van der Waals surface area contributed by atoms with Gasteiger partial charge in [-0.25, -0.2) is 8.42 Å². The molecule has 0 unspecified atom stereocenters. The number of carbonyl (C=O) groups is 1. The van der Waals surface area contributed by atoms with E-state index in [1.807, 2.05) is 35.2 Å². The van der Waals surface area contributed by atoms with E-state index in [4.69, 9.17) is 4.74 Å². The minimum atomic E-state index is -3.11. The number of rotatable bonds is 6. The zero-order valence-corrected chi connectivity index (χ0v) is 20.2. The lowest BCUT2D eigenvalue weighted by Crippen LogP contribution is -2.39. The molecule has 1 amide bonds. The number of amides is 1. The molecule has 0 bridgehead atoms. The Labute approximate surface area is 194 Å². The van der Waals surface area contributed by atoms with Crippen LogP contribution in [0.1, 0.15) is 30.5 Å². The van der Waals surface area contributed by atoms with Gasteiger partial charge in [-0.3, -0.25) is 4.79 Å². The van der Waals surface area contributed by atoms with Crippen molar-refractivity contribution >= 4 is 38.4 Å². The number of hydrogen-bond acceptors (Lipinski definition) is 5. The molecule has 2 aliphatic heterocycles. The number of anilines is 1. The summed E-state index contributed by atoms with van der Waals surface area (Å²) in [7, 11) is -1.53. The molecule has 0 saturated carbocycles. The fourth-order valence-electron chi connectivity index (χ4n) is 4.51. The third-order valence-electron chi connectivity index (χ3n) is 6.03. The molecule has 2 fully saturated rings. The number of sulfone groups is 1. The lowest BCUT2D eigenvalue weighted by atomic mass is 10.0. The molecule has 2 aromatic carbocycles. The number of nitrogens with zero attached hydrogens (tertiary/aromatic N) is 2. The van der Waals surface area contributed by atoms with Crippen LogP contribution >= 0.6 is 11.8 Å². The lowest BCUT2D eigenvalue weighted by Gasteiger charge is -2.29. The highest BCUT2D eigenvalue weighted by molar-refractivity contribution is 8.16. The quantitative estimate of drug-likeness (QED) is 0.639. The zero-order chi connectivity index (χ0) is 22.9. The average Bonchev–Trinajstić information content (AvgIpc) is 3.23. The Morgan fingerprint density at radius 1 is 1.06 bits per heavy atom. The summed E-state index contributed by atoms with van der Waals surface area (Å²) < 4.78 is 30.2. The minimum absolute atomic E-state index is 0.0889. The van der Waals surface area contributed by atoms with E-state index in [2.05, 4.69) is 31.0 Å². The number of aliphatic imine (C=N–C) groups is 1. The Kier molecular flexibility index (Phi) is 6.62. The predicted molar refractivity (Wildman–Crippen MR) is 131 cm³/mol. The number of para-hydroxylation sites is 2. The number of carbonyl (C=O) groups excluding carboxylic acids is 1. The molecule has 2 atom stereocenters. The molecule has 0 aromatic heterocycles. The number of thioether (sulfide) groups is 1. The number of hydrogen-bond donors (Lipinski definition) is 0. The standard InChI is InChI=1S/C24H28N2O4S2/c1-4-16-10-8-11-17(5-2)23(16)26-19-14-32(28,29)15-21(19)31-24(26)25-22(27)13-18-9-6-7-12-20(18)30-3/h6-12,19,21H,4-5,13-15H2,1-3H3/t19-,21+/m0/s1. The molecule has 8 heteroatoms. The van der Waals surface area contributed by atoms with Gasteiger partial charge >= 0.3 is 0 Å². The van der Waals surface area contributed by atoms with Crippen LogP contribution in [0, 0.1) is 0 Å². The molecular weight excluding hydrogens is 444 g/mol. The molecule has 170 valence electrons. The van der Waals surface area contributed by atoms with Crippen LogP contribution < -0.4 is 9.64 Å². The van der Waals surface area contributed by atoms with E-state index in [0.717, 1.165) is 35.2 Å². The third-order valence-corrected chi connectivity index (χ3v) is 9.24. The zero-order valence-electron chi connectivity index (χ0n) is 18.6. The van der Waals surface area contributed by atoms with Crippen molar-refractivity contribution in [2.45, 2.75) is 44.4 Å². The van der Waals surface area contributed by atoms with Crippen molar-refractivity contribution in [2.75, 3.05) is 23.5 Å². The smallest absolute Gasteiger partial charge is 0.252 e. The maximum absolute atomic E-state index is 13.0. The van der Waals surface area contributed by atoms with Crippen LogP contribution in [0.3, 0.4) is 0 Å². The monoisotopic (exact) mass is 472 g/mol. The molecule has 2 saturated heterocycles.